The molecule has 0 bridgehead atoms. The Morgan fingerprint density at radius 1 is 1.14 bits per heavy atom. The number of nitrogens with two attached hydrogens (primary N) is 1. The molecule has 0 unspecified atom stereocenters. The van der Waals surface area contributed by atoms with Crippen LogP contribution in [0.1, 0.15) is 22.9 Å². The fourth-order valence-corrected chi connectivity index (χ4v) is 6.50. The van der Waals surface area contributed by atoms with Gasteiger partial charge in [0.25, 0.3) is 11.8 Å². The van der Waals surface area contributed by atoms with Gasteiger partial charge >= 0.3 is 12.1 Å². The second-order valence-corrected chi connectivity index (χ2v) is 11.9. The second kappa shape index (κ2) is 13.2. The van der Waals surface area contributed by atoms with E-state index in [9.17, 15) is 24.4 Å². The lowest BCUT2D eigenvalue weighted by Crippen LogP contribution is -2.71. The third kappa shape index (κ3) is 6.23. The average molecular weight is 637 g/mol. The molecular formula is C29H28N6O7S2. The third-order valence-corrected chi connectivity index (χ3v) is 8.78. The van der Waals surface area contributed by atoms with Crippen molar-refractivity contribution in [2.45, 2.75) is 17.5 Å². The minimum absolute atomic E-state index is 0.0504. The van der Waals surface area contributed by atoms with Crippen molar-refractivity contribution in [2.24, 2.45) is 5.16 Å². The molecular weight excluding hydrogens is 608 g/mol. The van der Waals surface area contributed by atoms with Gasteiger partial charge in [-0.3, -0.25) is 14.5 Å². The molecule has 44 heavy (non-hydrogen) atoms. The van der Waals surface area contributed by atoms with E-state index in [1.807, 2.05) is 60.7 Å². The van der Waals surface area contributed by atoms with E-state index in [1.165, 1.54) is 41.0 Å². The average Bonchev–Trinajstić information content (AvgIpc) is 3.47. The van der Waals surface area contributed by atoms with Crippen molar-refractivity contribution in [2.75, 3.05) is 32.2 Å². The van der Waals surface area contributed by atoms with Gasteiger partial charge in [0.1, 0.15) is 29.4 Å². The van der Waals surface area contributed by atoms with Gasteiger partial charge in [-0.15, -0.1) is 23.1 Å². The van der Waals surface area contributed by atoms with Gasteiger partial charge in [-0.05, 0) is 11.1 Å². The Labute approximate surface area is 260 Å². The maximum Gasteiger partial charge on any atom is 0.409 e. The molecule has 228 valence electrons. The predicted octanol–water partition coefficient (Wildman–Crippen LogP) is 2.59. The lowest BCUT2D eigenvalue weighted by molar-refractivity contribution is -0.154. The summed E-state index contributed by atoms with van der Waals surface area (Å²) in [5.74, 6) is -2.03. The molecule has 3 aromatic rings. The van der Waals surface area contributed by atoms with Gasteiger partial charge in [-0.1, -0.05) is 65.8 Å². The molecule has 0 saturated carbocycles. The van der Waals surface area contributed by atoms with Crippen LogP contribution in [-0.4, -0.2) is 87.5 Å². The number of rotatable bonds is 9. The van der Waals surface area contributed by atoms with E-state index in [2.05, 4.69) is 15.5 Å². The molecule has 1 saturated heterocycles. The van der Waals surface area contributed by atoms with Gasteiger partial charge < -0.3 is 30.6 Å². The number of ether oxygens (including phenoxy) is 2. The Morgan fingerprint density at radius 3 is 2.32 bits per heavy atom. The van der Waals surface area contributed by atoms with Gasteiger partial charge in [0, 0.05) is 30.8 Å². The lowest BCUT2D eigenvalue weighted by Gasteiger charge is -2.49. The molecule has 3 amide bonds. The number of nitrogens with zero attached hydrogens (tertiary/aromatic N) is 4. The fourth-order valence-electron chi connectivity index (χ4n) is 4.63. The number of thioether (sulfide) groups is 1. The molecule has 2 atom stereocenters. The van der Waals surface area contributed by atoms with Gasteiger partial charge in [0.05, 0.1) is 0 Å². The summed E-state index contributed by atoms with van der Waals surface area (Å²) in [5, 5.41) is 16.0. The summed E-state index contributed by atoms with van der Waals surface area (Å²) in [6.45, 7) is -0.254. The molecule has 2 aliphatic heterocycles. The maximum atomic E-state index is 14.0. The van der Waals surface area contributed by atoms with Crippen molar-refractivity contribution in [3.63, 3.8) is 0 Å². The number of thiazole rings is 1. The summed E-state index contributed by atoms with van der Waals surface area (Å²) >= 11 is 2.33. The van der Waals surface area contributed by atoms with Crippen LogP contribution in [0.3, 0.4) is 0 Å². The number of carbonyl (C=O) groups excluding carboxylic acids is 4. The van der Waals surface area contributed by atoms with E-state index in [0.29, 0.717) is 16.7 Å². The molecule has 3 heterocycles. The normalized spacial score (nSPS) is 17.9. The smallest absolute Gasteiger partial charge is 0.409 e. The van der Waals surface area contributed by atoms with Crippen LogP contribution >= 0.6 is 23.1 Å². The highest BCUT2D eigenvalue weighted by molar-refractivity contribution is 8.00. The van der Waals surface area contributed by atoms with Crippen LogP contribution in [0.5, 0.6) is 0 Å². The minimum atomic E-state index is -1.05. The van der Waals surface area contributed by atoms with Crippen LogP contribution in [0.2, 0.25) is 0 Å². The van der Waals surface area contributed by atoms with Crippen molar-refractivity contribution in [3.05, 3.63) is 94.1 Å². The van der Waals surface area contributed by atoms with E-state index < -0.39 is 47.1 Å². The molecule has 15 heteroatoms. The number of nitrogens with one attached hydrogen (secondary N) is 1. The molecule has 0 radical (unpaired) electrons. The molecule has 5 rings (SSSR count). The number of hydrogen-bond donors (Lipinski definition) is 3. The first-order valence-corrected chi connectivity index (χ1v) is 15.2. The Bertz CT molecular complexity index is 1590. The first-order valence-electron chi connectivity index (χ1n) is 13.3. The number of β-lactam (4-membered cyclic amide) rings is 1. The largest absolute Gasteiger partial charge is 0.448 e. The van der Waals surface area contributed by atoms with Crippen LogP contribution in [0, 0.1) is 0 Å². The number of amides is 3. The Balaban J connectivity index is 1.42. The van der Waals surface area contributed by atoms with Crippen molar-refractivity contribution < 1.29 is 33.9 Å². The summed E-state index contributed by atoms with van der Waals surface area (Å²) in [4.78, 5) is 59.1. The number of benzene rings is 2. The van der Waals surface area contributed by atoms with E-state index in [-0.39, 0.29) is 28.9 Å². The van der Waals surface area contributed by atoms with Crippen molar-refractivity contribution >= 4 is 57.8 Å². The van der Waals surface area contributed by atoms with E-state index in [4.69, 9.17) is 15.2 Å². The number of oxime groups is 1. The van der Waals surface area contributed by atoms with Gasteiger partial charge in [0.2, 0.25) is 0 Å². The molecule has 2 aromatic carbocycles. The third-order valence-electron chi connectivity index (χ3n) is 6.77. The van der Waals surface area contributed by atoms with E-state index in [1.54, 1.807) is 0 Å². The first-order chi connectivity index (χ1) is 21.2. The number of hydrogen-bond acceptors (Lipinski definition) is 12. The standard InChI is InChI=1S/C29H28N6O7S2/c1-34(2)29(39)41-13-18-14-43-26-21(32-24(36)20(33-40)19-15-44-28(30)31-19)25(37)35(26)22(18)27(38)42-23(16-9-5-3-6-10-16)17-11-7-4-8-12-17/h3-12,15,21,23,26,40H,13-14H2,1-2H3,(H2,30,31)(H,32,36)/b33-20+/t21-,26-/m1/s1. The number of aromatic nitrogens is 1. The summed E-state index contributed by atoms with van der Waals surface area (Å²) in [6, 6.07) is 17.3. The monoisotopic (exact) mass is 636 g/mol. The highest BCUT2D eigenvalue weighted by Gasteiger charge is 2.55. The molecule has 1 aromatic heterocycles. The fraction of sp³-hybridized carbons (Fsp3) is 0.241. The minimum Gasteiger partial charge on any atom is -0.448 e. The zero-order valence-corrected chi connectivity index (χ0v) is 25.2. The highest BCUT2D eigenvalue weighted by atomic mass is 32.2. The SMILES string of the molecule is CN(C)C(=O)OCC1=C(C(=O)OC(c2ccccc2)c2ccccc2)N2C(=O)[C@@H](NC(=O)/C(=N/O)c3csc(N)n3)[C@H]2SC1. The highest BCUT2D eigenvalue weighted by Crippen LogP contribution is 2.41. The lowest BCUT2D eigenvalue weighted by atomic mass is 10.0. The van der Waals surface area contributed by atoms with Crippen LogP contribution < -0.4 is 11.1 Å². The Kier molecular flexibility index (Phi) is 9.15. The van der Waals surface area contributed by atoms with Crippen molar-refractivity contribution in [1.29, 1.82) is 0 Å². The predicted molar refractivity (Wildman–Crippen MR) is 163 cm³/mol. The summed E-state index contributed by atoms with van der Waals surface area (Å²) in [5.41, 5.74) is 7.02. The van der Waals surface area contributed by atoms with Crippen molar-refractivity contribution in [3.8, 4) is 0 Å². The maximum absolute atomic E-state index is 14.0. The topological polar surface area (TPSA) is 177 Å². The number of nitrogen functional groups attached to an aromatic ring is 1. The summed E-state index contributed by atoms with van der Waals surface area (Å²) < 4.78 is 11.4. The van der Waals surface area contributed by atoms with Crippen molar-refractivity contribution in [1.82, 2.24) is 20.1 Å². The number of anilines is 1. The Morgan fingerprint density at radius 2 is 1.77 bits per heavy atom. The molecule has 0 spiro atoms. The second-order valence-electron chi connectivity index (χ2n) is 9.89. The van der Waals surface area contributed by atoms with Gasteiger partial charge in [-0.25, -0.2) is 14.6 Å². The summed E-state index contributed by atoms with van der Waals surface area (Å²) in [7, 11) is 3.05. The number of carbonyl (C=O) groups is 4. The molecule has 13 nitrogen and oxygen atoms in total. The number of fused-ring (bicyclic) bond motifs is 1. The van der Waals surface area contributed by atoms with Gasteiger partial charge in [0.15, 0.2) is 16.9 Å². The molecule has 2 aliphatic rings. The summed E-state index contributed by atoms with van der Waals surface area (Å²) in [6.07, 6.45) is -1.42. The molecule has 4 N–H and O–H groups in total. The van der Waals surface area contributed by atoms with Crippen LogP contribution in [0.15, 0.2) is 82.5 Å². The van der Waals surface area contributed by atoms with Crippen LogP contribution in [0.25, 0.3) is 0 Å². The zero-order chi connectivity index (χ0) is 31.4. The van der Waals surface area contributed by atoms with E-state index >= 15 is 0 Å². The molecule has 0 aliphatic carbocycles. The number of esters is 1. The molecule has 1 fully saturated rings. The van der Waals surface area contributed by atoms with Crippen LogP contribution in [0.4, 0.5) is 9.93 Å². The van der Waals surface area contributed by atoms with Crippen LogP contribution in [-0.2, 0) is 23.9 Å². The zero-order valence-electron chi connectivity index (χ0n) is 23.6. The van der Waals surface area contributed by atoms with Gasteiger partial charge in [-0.2, -0.15) is 0 Å². The Hall–Kier alpha value is -4.89. The van der Waals surface area contributed by atoms with E-state index in [0.717, 1.165) is 11.3 Å². The quantitative estimate of drug-likeness (QED) is 0.104. The first kappa shape index (κ1) is 30.6.